The van der Waals surface area contributed by atoms with Gasteiger partial charge < -0.3 is 10.1 Å². The van der Waals surface area contributed by atoms with Gasteiger partial charge in [-0.2, -0.15) is 0 Å². The van der Waals surface area contributed by atoms with Gasteiger partial charge in [0.2, 0.25) is 0 Å². The number of hydrogen-bond donors (Lipinski definition) is 1. The molecule has 0 saturated carbocycles. The highest BCUT2D eigenvalue weighted by Crippen LogP contribution is 2.24. The molecule has 0 radical (unpaired) electrons. The Hall–Kier alpha value is -1.28. The molecular weight excluding hydrogens is 198 g/mol. The van der Waals surface area contributed by atoms with Gasteiger partial charge in [0.05, 0.1) is 12.1 Å². The normalized spacial score (nSPS) is 12.6. The topological polar surface area (TPSA) is 21.3 Å². The predicted molar refractivity (Wildman–Crippen MR) is 68.8 cm³/mol. The predicted octanol–water partition coefficient (Wildman–Crippen LogP) is 3.31. The summed E-state index contributed by atoms with van der Waals surface area (Å²) in [6, 6.07) is 8.34. The molecule has 1 N–H and O–H groups in total. The summed E-state index contributed by atoms with van der Waals surface area (Å²) >= 11 is 0. The maximum absolute atomic E-state index is 5.67. The monoisotopic (exact) mass is 219 g/mol. The van der Waals surface area contributed by atoms with E-state index in [4.69, 9.17) is 4.74 Å². The van der Waals surface area contributed by atoms with Gasteiger partial charge in [-0.25, -0.2) is 0 Å². The van der Waals surface area contributed by atoms with Gasteiger partial charge in [-0.3, -0.25) is 0 Å². The fourth-order valence-corrected chi connectivity index (χ4v) is 1.74. The zero-order chi connectivity index (χ0) is 12.1. The fourth-order valence-electron chi connectivity index (χ4n) is 1.74. The summed E-state index contributed by atoms with van der Waals surface area (Å²) in [4.78, 5) is 0. The Bertz CT molecular complexity index is 358. The van der Waals surface area contributed by atoms with Gasteiger partial charge >= 0.3 is 0 Å². The maximum atomic E-state index is 5.67. The summed E-state index contributed by atoms with van der Waals surface area (Å²) in [6.45, 7) is 10.1. The third-order valence-corrected chi connectivity index (χ3v) is 2.34. The third-order valence-electron chi connectivity index (χ3n) is 2.34. The Morgan fingerprint density at radius 1 is 1.38 bits per heavy atom. The van der Waals surface area contributed by atoms with Crippen LogP contribution in [-0.2, 0) is 0 Å². The van der Waals surface area contributed by atoms with Crippen molar-refractivity contribution in [2.75, 3.05) is 7.05 Å². The van der Waals surface area contributed by atoms with Crippen LogP contribution >= 0.6 is 0 Å². The molecule has 0 aromatic heterocycles. The Morgan fingerprint density at radius 2 is 2.06 bits per heavy atom. The van der Waals surface area contributed by atoms with Crippen LogP contribution in [-0.4, -0.2) is 13.2 Å². The van der Waals surface area contributed by atoms with Crippen molar-refractivity contribution in [1.82, 2.24) is 5.32 Å². The number of benzene rings is 1. The summed E-state index contributed by atoms with van der Waals surface area (Å²) in [5, 5.41) is 3.24. The number of rotatable bonds is 5. The lowest BCUT2D eigenvalue weighted by Gasteiger charge is -2.18. The molecule has 1 rings (SSSR count). The molecule has 0 spiro atoms. The van der Waals surface area contributed by atoms with Gasteiger partial charge in [0.15, 0.2) is 0 Å². The van der Waals surface area contributed by atoms with E-state index in [-0.39, 0.29) is 12.1 Å². The number of hydrogen-bond acceptors (Lipinski definition) is 2. The van der Waals surface area contributed by atoms with Gasteiger partial charge in [-0.15, -0.1) is 0 Å². The second-order valence-corrected chi connectivity index (χ2v) is 4.31. The average molecular weight is 219 g/mol. The first kappa shape index (κ1) is 12.8. The first-order valence-electron chi connectivity index (χ1n) is 5.64. The van der Waals surface area contributed by atoms with Gasteiger partial charge in [-0.05, 0) is 45.5 Å². The summed E-state index contributed by atoms with van der Waals surface area (Å²) in [7, 11) is 1.94. The smallest absolute Gasteiger partial charge is 0.120 e. The fraction of sp³-hybridized carbons (Fsp3) is 0.429. The Balaban J connectivity index is 2.92. The lowest BCUT2D eigenvalue weighted by molar-refractivity contribution is 0.242. The van der Waals surface area contributed by atoms with E-state index in [0.717, 1.165) is 11.3 Å². The lowest BCUT2D eigenvalue weighted by atomic mass is 10.0. The first-order chi connectivity index (χ1) is 7.54. The largest absolute Gasteiger partial charge is 0.491 e. The third kappa shape index (κ3) is 3.38. The van der Waals surface area contributed by atoms with Crippen molar-refractivity contribution in [2.45, 2.75) is 32.9 Å². The standard InChI is InChI=1S/C14H21NO/c1-10(2)14(15-5)12-7-6-8-13(9-12)16-11(3)4/h6-9,11,14-15H,1H2,2-5H3. The molecule has 1 aromatic carbocycles. The quantitative estimate of drug-likeness (QED) is 0.767. The van der Waals surface area contributed by atoms with E-state index in [1.807, 2.05) is 40.0 Å². The van der Waals surface area contributed by atoms with Crippen LogP contribution < -0.4 is 10.1 Å². The van der Waals surface area contributed by atoms with E-state index < -0.39 is 0 Å². The van der Waals surface area contributed by atoms with Crippen molar-refractivity contribution in [2.24, 2.45) is 0 Å². The molecule has 1 unspecified atom stereocenters. The minimum absolute atomic E-state index is 0.190. The molecule has 0 aliphatic heterocycles. The Labute approximate surface area is 98.3 Å². The molecule has 0 bridgehead atoms. The lowest BCUT2D eigenvalue weighted by Crippen LogP contribution is -2.17. The molecule has 88 valence electrons. The van der Waals surface area contributed by atoms with Crippen LogP contribution in [0.3, 0.4) is 0 Å². The number of ether oxygens (including phenoxy) is 1. The molecule has 0 aliphatic rings. The molecule has 0 saturated heterocycles. The molecule has 2 nitrogen and oxygen atoms in total. The minimum Gasteiger partial charge on any atom is -0.491 e. The van der Waals surface area contributed by atoms with E-state index in [0.29, 0.717) is 0 Å². The summed E-state index contributed by atoms with van der Waals surface area (Å²) in [5.74, 6) is 0.911. The van der Waals surface area contributed by atoms with Crippen LogP contribution in [0, 0.1) is 0 Å². The van der Waals surface area contributed by atoms with Crippen LogP contribution in [0.1, 0.15) is 32.4 Å². The van der Waals surface area contributed by atoms with Crippen LogP contribution in [0.5, 0.6) is 5.75 Å². The van der Waals surface area contributed by atoms with E-state index in [2.05, 4.69) is 24.0 Å². The number of likely N-dealkylation sites (N-methyl/N-ethyl adjacent to an activating group) is 1. The zero-order valence-corrected chi connectivity index (χ0v) is 10.6. The molecular formula is C14H21NO. The summed E-state index contributed by atoms with van der Waals surface area (Å²) in [5.41, 5.74) is 2.29. The highest BCUT2D eigenvalue weighted by Gasteiger charge is 2.10. The van der Waals surface area contributed by atoms with Gasteiger partial charge in [0.25, 0.3) is 0 Å². The molecule has 0 amide bonds. The molecule has 0 aliphatic carbocycles. The highest BCUT2D eigenvalue weighted by molar-refractivity contribution is 5.34. The van der Waals surface area contributed by atoms with Crippen molar-refractivity contribution in [3.63, 3.8) is 0 Å². The van der Waals surface area contributed by atoms with Crippen molar-refractivity contribution >= 4 is 0 Å². The van der Waals surface area contributed by atoms with E-state index in [1.165, 1.54) is 5.56 Å². The van der Waals surface area contributed by atoms with Gasteiger partial charge in [0.1, 0.15) is 5.75 Å². The van der Waals surface area contributed by atoms with Gasteiger partial charge in [-0.1, -0.05) is 24.3 Å². The van der Waals surface area contributed by atoms with E-state index >= 15 is 0 Å². The molecule has 1 atom stereocenters. The van der Waals surface area contributed by atoms with Crippen LogP contribution in [0.2, 0.25) is 0 Å². The Kier molecular flexibility index (Phi) is 4.56. The Morgan fingerprint density at radius 3 is 2.56 bits per heavy atom. The first-order valence-corrected chi connectivity index (χ1v) is 5.64. The number of nitrogens with one attached hydrogen (secondary N) is 1. The molecule has 2 heteroatoms. The molecule has 1 aromatic rings. The van der Waals surface area contributed by atoms with Crippen molar-refractivity contribution < 1.29 is 4.74 Å². The van der Waals surface area contributed by atoms with Crippen LogP contribution in [0.25, 0.3) is 0 Å². The molecule has 0 heterocycles. The van der Waals surface area contributed by atoms with Crippen LogP contribution in [0.15, 0.2) is 36.4 Å². The van der Waals surface area contributed by atoms with Crippen molar-refractivity contribution in [1.29, 1.82) is 0 Å². The maximum Gasteiger partial charge on any atom is 0.120 e. The van der Waals surface area contributed by atoms with E-state index in [1.54, 1.807) is 0 Å². The highest BCUT2D eigenvalue weighted by atomic mass is 16.5. The van der Waals surface area contributed by atoms with Crippen LogP contribution in [0.4, 0.5) is 0 Å². The van der Waals surface area contributed by atoms with Crippen molar-refractivity contribution in [3.8, 4) is 5.75 Å². The second-order valence-electron chi connectivity index (χ2n) is 4.31. The van der Waals surface area contributed by atoms with Gasteiger partial charge in [0, 0.05) is 0 Å². The van der Waals surface area contributed by atoms with Crippen molar-refractivity contribution in [3.05, 3.63) is 42.0 Å². The molecule has 0 fully saturated rings. The second kappa shape index (κ2) is 5.71. The summed E-state index contributed by atoms with van der Waals surface area (Å²) < 4.78 is 5.67. The zero-order valence-electron chi connectivity index (χ0n) is 10.6. The minimum atomic E-state index is 0.190. The average Bonchev–Trinajstić information content (AvgIpc) is 2.17. The SMILES string of the molecule is C=C(C)C(NC)c1cccc(OC(C)C)c1. The van der Waals surface area contributed by atoms with E-state index in [9.17, 15) is 0 Å². The molecule has 16 heavy (non-hydrogen) atoms. The summed E-state index contributed by atoms with van der Waals surface area (Å²) in [6.07, 6.45) is 0.202.